The topological polar surface area (TPSA) is 74.6 Å². The van der Waals surface area contributed by atoms with Gasteiger partial charge < -0.3 is 20.0 Å². The second kappa shape index (κ2) is 8.00. The van der Waals surface area contributed by atoms with E-state index in [1.54, 1.807) is 41.5 Å². The summed E-state index contributed by atoms with van der Waals surface area (Å²) in [6, 6.07) is 18.7. The van der Waals surface area contributed by atoms with Gasteiger partial charge in [0.05, 0.1) is 24.9 Å². The van der Waals surface area contributed by atoms with E-state index >= 15 is 0 Å². The number of carbonyl (C=O) groups excluding carboxylic acids is 2. The molecule has 4 rings (SSSR count). The van der Waals surface area contributed by atoms with Gasteiger partial charge in [-0.1, -0.05) is 30.3 Å². The van der Waals surface area contributed by atoms with Crippen LogP contribution in [-0.2, 0) is 17.8 Å². The highest BCUT2D eigenvalue weighted by atomic mass is 16.3. The van der Waals surface area contributed by atoms with Crippen LogP contribution in [0.2, 0.25) is 0 Å². The van der Waals surface area contributed by atoms with E-state index < -0.39 is 0 Å². The molecule has 2 aromatic carbocycles. The van der Waals surface area contributed by atoms with Crippen LogP contribution in [0.5, 0.6) is 0 Å². The first-order valence-corrected chi connectivity index (χ1v) is 9.24. The van der Waals surface area contributed by atoms with Crippen LogP contribution < -0.4 is 15.5 Å². The molecule has 2 heterocycles. The number of nitrogens with one attached hydrogen (secondary N) is 2. The maximum Gasteiger partial charge on any atom is 0.253 e. The fourth-order valence-corrected chi connectivity index (χ4v) is 3.37. The summed E-state index contributed by atoms with van der Waals surface area (Å²) in [7, 11) is 0. The smallest absolute Gasteiger partial charge is 0.253 e. The fourth-order valence-electron chi connectivity index (χ4n) is 3.37. The molecule has 0 spiro atoms. The second-order valence-electron chi connectivity index (χ2n) is 6.59. The predicted molar refractivity (Wildman–Crippen MR) is 107 cm³/mol. The van der Waals surface area contributed by atoms with E-state index in [1.807, 2.05) is 24.3 Å². The summed E-state index contributed by atoms with van der Waals surface area (Å²) in [5, 5.41) is 5.95. The van der Waals surface area contributed by atoms with Crippen LogP contribution in [0.15, 0.2) is 71.3 Å². The SMILES string of the molecule is O=C(NCc1ccco1)c1ccccc1NCC(=O)N1CCc2ccccc21. The summed E-state index contributed by atoms with van der Waals surface area (Å²) >= 11 is 0. The molecule has 0 aliphatic carbocycles. The Bertz CT molecular complexity index is 982. The molecule has 2 amide bonds. The van der Waals surface area contributed by atoms with Crippen molar-refractivity contribution in [3.05, 3.63) is 83.8 Å². The van der Waals surface area contributed by atoms with E-state index in [0.717, 1.165) is 12.1 Å². The number of carbonyl (C=O) groups is 2. The minimum Gasteiger partial charge on any atom is -0.467 e. The van der Waals surface area contributed by atoms with Gasteiger partial charge in [-0.15, -0.1) is 0 Å². The average molecular weight is 375 g/mol. The number of anilines is 2. The lowest BCUT2D eigenvalue weighted by Crippen LogP contribution is -2.34. The largest absolute Gasteiger partial charge is 0.467 e. The lowest BCUT2D eigenvalue weighted by molar-refractivity contribution is -0.116. The molecule has 28 heavy (non-hydrogen) atoms. The molecule has 3 aromatic rings. The van der Waals surface area contributed by atoms with Crippen LogP contribution in [0.4, 0.5) is 11.4 Å². The Morgan fingerprint density at radius 3 is 2.68 bits per heavy atom. The van der Waals surface area contributed by atoms with Crippen molar-refractivity contribution in [3.63, 3.8) is 0 Å². The Kier molecular flexibility index (Phi) is 5.10. The van der Waals surface area contributed by atoms with Crippen molar-refractivity contribution in [2.45, 2.75) is 13.0 Å². The first-order valence-electron chi connectivity index (χ1n) is 9.24. The number of nitrogens with zero attached hydrogens (tertiary/aromatic N) is 1. The van der Waals surface area contributed by atoms with Crippen LogP contribution in [0.25, 0.3) is 0 Å². The van der Waals surface area contributed by atoms with Crippen LogP contribution in [0.1, 0.15) is 21.7 Å². The lowest BCUT2D eigenvalue weighted by atomic mass is 10.1. The van der Waals surface area contributed by atoms with E-state index in [-0.39, 0.29) is 18.4 Å². The second-order valence-corrected chi connectivity index (χ2v) is 6.59. The van der Waals surface area contributed by atoms with Crippen molar-refractivity contribution < 1.29 is 14.0 Å². The molecular formula is C22H21N3O3. The van der Waals surface area contributed by atoms with Gasteiger partial charge in [-0.05, 0) is 42.3 Å². The number of hydrogen-bond acceptors (Lipinski definition) is 4. The van der Waals surface area contributed by atoms with Crippen molar-refractivity contribution in [2.24, 2.45) is 0 Å². The number of benzene rings is 2. The van der Waals surface area contributed by atoms with Gasteiger partial charge in [0.1, 0.15) is 5.76 Å². The minimum absolute atomic E-state index is 0.0178. The molecule has 2 N–H and O–H groups in total. The highest BCUT2D eigenvalue weighted by Gasteiger charge is 2.24. The maximum atomic E-state index is 12.7. The Labute approximate surface area is 163 Å². The normalized spacial score (nSPS) is 12.5. The highest BCUT2D eigenvalue weighted by molar-refractivity contribution is 6.01. The summed E-state index contributed by atoms with van der Waals surface area (Å²) < 4.78 is 5.23. The standard InChI is InChI=1S/C22H21N3O3/c26-21(25-12-11-16-6-1-4-10-20(16)25)15-23-19-9-3-2-8-18(19)22(27)24-14-17-7-5-13-28-17/h1-10,13,23H,11-12,14-15H2,(H,24,27). The molecule has 6 nitrogen and oxygen atoms in total. The third kappa shape index (κ3) is 3.76. The molecule has 0 bridgehead atoms. The summed E-state index contributed by atoms with van der Waals surface area (Å²) in [6.07, 6.45) is 2.44. The first kappa shape index (κ1) is 17.9. The molecule has 0 saturated heterocycles. The van der Waals surface area contributed by atoms with Gasteiger partial charge in [0.2, 0.25) is 5.91 Å². The highest BCUT2D eigenvalue weighted by Crippen LogP contribution is 2.27. The zero-order valence-electron chi connectivity index (χ0n) is 15.4. The molecule has 0 radical (unpaired) electrons. The zero-order valence-corrected chi connectivity index (χ0v) is 15.4. The predicted octanol–water partition coefficient (Wildman–Crippen LogP) is 3.21. The van der Waals surface area contributed by atoms with Crippen molar-refractivity contribution >= 4 is 23.2 Å². The molecule has 0 fully saturated rings. The monoisotopic (exact) mass is 375 g/mol. The van der Waals surface area contributed by atoms with Crippen LogP contribution in [-0.4, -0.2) is 24.9 Å². The van der Waals surface area contributed by atoms with Crippen molar-refractivity contribution in [2.75, 3.05) is 23.3 Å². The molecular weight excluding hydrogens is 354 g/mol. The number of amides is 2. The van der Waals surface area contributed by atoms with Crippen LogP contribution >= 0.6 is 0 Å². The minimum atomic E-state index is -0.224. The van der Waals surface area contributed by atoms with Gasteiger partial charge >= 0.3 is 0 Å². The summed E-state index contributed by atoms with van der Waals surface area (Å²) in [4.78, 5) is 27.0. The Hall–Kier alpha value is -3.54. The van der Waals surface area contributed by atoms with Gasteiger partial charge in [0, 0.05) is 17.9 Å². The number of para-hydroxylation sites is 2. The quantitative estimate of drug-likeness (QED) is 0.694. The Morgan fingerprint density at radius 2 is 1.82 bits per heavy atom. The van der Waals surface area contributed by atoms with Crippen molar-refractivity contribution in [1.29, 1.82) is 0 Å². The molecule has 0 saturated carbocycles. The number of furan rings is 1. The van der Waals surface area contributed by atoms with Crippen molar-refractivity contribution in [1.82, 2.24) is 5.32 Å². The number of hydrogen-bond donors (Lipinski definition) is 2. The summed E-state index contributed by atoms with van der Waals surface area (Å²) in [5.74, 6) is 0.441. The van der Waals surface area contributed by atoms with Gasteiger partial charge in [0.15, 0.2) is 0 Å². The zero-order chi connectivity index (χ0) is 19.3. The van der Waals surface area contributed by atoms with Crippen LogP contribution in [0, 0.1) is 0 Å². The molecule has 1 aromatic heterocycles. The van der Waals surface area contributed by atoms with E-state index in [4.69, 9.17) is 4.42 Å². The van der Waals surface area contributed by atoms with E-state index in [2.05, 4.69) is 16.7 Å². The molecule has 6 heteroatoms. The van der Waals surface area contributed by atoms with Gasteiger partial charge in [0.25, 0.3) is 5.91 Å². The number of fused-ring (bicyclic) bond motifs is 1. The molecule has 142 valence electrons. The third-order valence-corrected chi connectivity index (χ3v) is 4.79. The third-order valence-electron chi connectivity index (χ3n) is 4.79. The average Bonchev–Trinajstić information content (AvgIpc) is 3.40. The van der Waals surface area contributed by atoms with Crippen molar-refractivity contribution in [3.8, 4) is 0 Å². The number of rotatable bonds is 6. The summed E-state index contributed by atoms with van der Waals surface area (Å²) in [5.41, 5.74) is 3.27. The van der Waals surface area contributed by atoms with E-state index in [0.29, 0.717) is 30.1 Å². The molecule has 0 atom stereocenters. The van der Waals surface area contributed by atoms with Gasteiger partial charge in [-0.25, -0.2) is 0 Å². The van der Waals surface area contributed by atoms with E-state index in [9.17, 15) is 9.59 Å². The van der Waals surface area contributed by atoms with Crippen LogP contribution in [0.3, 0.4) is 0 Å². The van der Waals surface area contributed by atoms with Gasteiger partial charge in [-0.3, -0.25) is 9.59 Å². The first-order chi connectivity index (χ1) is 13.7. The Morgan fingerprint density at radius 1 is 1.00 bits per heavy atom. The van der Waals surface area contributed by atoms with E-state index in [1.165, 1.54) is 5.56 Å². The fraction of sp³-hybridized carbons (Fsp3) is 0.182. The summed E-state index contributed by atoms with van der Waals surface area (Å²) in [6.45, 7) is 1.12. The maximum absolute atomic E-state index is 12.7. The Balaban J connectivity index is 1.40. The molecule has 1 aliphatic heterocycles. The molecule has 1 aliphatic rings. The van der Waals surface area contributed by atoms with Gasteiger partial charge in [-0.2, -0.15) is 0 Å². The molecule has 0 unspecified atom stereocenters. The lowest BCUT2D eigenvalue weighted by Gasteiger charge is -2.18.